The molecule has 30 heavy (non-hydrogen) atoms. The highest BCUT2D eigenvalue weighted by atomic mass is 32.2. The molecule has 0 aliphatic carbocycles. The van der Waals surface area contributed by atoms with Crippen LogP contribution in [0.2, 0.25) is 0 Å². The Bertz CT molecular complexity index is 1070. The van der Waals surface area contributed by atoms with Gasteiger partial charge in [0.1, 0.15) is 0 Å². The third-order valence-corrected chi connectivity index (χ3v) is 6.91. The summed E-state index contributed by atoms with van der Waals surface area (Å²) in [4.78, 5) is 36.9. The number of piperazine rings is 1. The molecule has 8 nitrogen and oxygen atoms in total. The normalized spacial score (nSPS) is 14.0. The molecule has 0 atom stereocenters. The number of aryl methyl sites for hydroxylation is 1. The van der Waals surface area contributed by atoms with Gasteiger partial charge in [0.05, 0.1) is 9.82 Å². The van der Waals surface area contributed by atoms with Crippen LogP contribution in [-0.4, -0.2) is 51.9 Å². The van der Waals surface area contributed by atoms with Crippen molar-refractivity contribution in [2.24, 2.45) is 0 Å². The van der Waals surface area contributed by atoms with E-state index < -0.39 is 4.92 Å². The molecule has 1 aliphatic heterocycles. The van der Waals surface area contributed by atoms with Crippen LogP contribution < -0.4 is 4.90 Å². The van der Waals surface area contributed by atoms with Gasteiger partial charge >= 0.3 is 0 Å². The van der Waals surface area contributed by atoms with Crippen LogP contribution in [-0.2, 0) is 0 Å². The van der Waals surface area contributed by atoms with Gasteiger partial charge in [-0.05, 0) is 31.2 Å². The molecule has 1 aromatic carbocycles. The fourth-order valence-corrected chi connectivity index (χ4v) is 5.14. The van der Waals surface area contributed by atoms with E-state index in [2.05, 4.69) is 14.9 Å². The van der Waals surface area contributed by atoms with E-state index in [1.807, 2.05) is 24.4 Å². The van der Waals surface area contributed by atoms with Crippen molar-refractivity contribution in [3.8, 4) is 0 Å². The molecule has 1 saturated heterocycles. The molecule has 4 rings (SSSR count). The summed E-state index contributed by atoms with van der Waals surface area (Å²) in [7, 11) is 0. The highest BCUT2D eigenvalue weighted by Crippen LogP contribution is 2.37. The maximum absolute atomic E-state index is 12.9. The van der Waals surface area contributed by atoms with E-state index in [4.69, 9.17) is 0 Å². The van der Waals surface area contributed by atoms with Crippen molar-refractivity contribution in [3.63, 3.8) is 0 Å². The number of thiazole rings is 1. The molecule has 0 unspecified atom stereocenters. The van der Waals surface area contributed by atoms with Crippen LogP contribution in [0.25, 0.3) is 0 Å². The Hall–Kier alpha value is -2.98. The van der Waals surface area contributed by atoms with Crippen LogP contribution in [0, 0.1) is 17.0 Å². The molecule has 0 radical (unpaired) electrons. The van der Waals surface area contributed by atoms with Crippen molar-refractivity contribution >= 4 is 40.4 Å². The maximum Gasteiger partial charge on any atom is 0.284 e. The highest BCUT2D eigenvalue weighted by Gasteiger charge is 2.25. The number of nitrogens with zero attached hydrogens (tertiary/aromatic N) is 5. The summed E-state index contributed by atoms with van der Waals surface area (Å²) in [6, 6.07) is 8.57. The van der Waals surface area contributed by atoms with Gasteiger partial charge in [-0.1, -0.05) is 11.8 Å². The second-order valence-corrected chi connectivity index (χ2v) is 8.93. The lowest BCUT2D eigenvalue weighted by Crippen LogP contribution is -2.48. The van der Waals surface area contributed by atoms with Gasteiger partial charge in [0.2, 0.25) is 0 Å². The van der Waals surface area contributed by atoms with E-state index in [1.54, 1.807) is 29.4 Å². The van der Waals surface area contributed by atoms with Crippen molar-refractivity contribution in [2.75, 3.05) is 31.1 Å². The van der Waals surface area contributed by atoms with Gasteiger partial charge in [-0.2, -0.15) is 0 Å². The molecule has 2 aromatic heterocycles. The second-order valence-electron chi connectivity index (χ2n) is 6.78. The lowest BCUT2D eigenvalue weighted by molar-refractivity contribution is -0.387. The van der Waals surface area contributed by atoms with Crippen molar-refractivity contribution in [1.29, 1.82) is 0 Å². The number of aromatic nitrogens is 2. The lowest BCUT2D eigenvalue weighted by Gasteiger charge is -2.36. The van der Waals surface area contributed by atoms with Crippen molar-refractivity contribution in [3.05, 3.63) is 69.5 Å². The zero-order valence-electron chi connectivity index (χ0n) is 16.2. The van der Waals surface area contributed by atoms with Gasteiger partial charge < -0.3 is 9.80 Å². The molecule has 0 N–H and O–H groups in total. The fourth-order valence-electron chi connectivity index (χ4n) is 3.26. The van der Waals surface area contributed by atoms with Gasteiger partial charge in [0.15, 0.2) is 4.34 Å². The molecule has 0 spiro atoms. The average molecular weight is 442 g/mol. The zero-order valence-corrected chi connectivity index (χ0v) is 17.9. The summed E-state index contributed by atoms with van der Waals surface area (Å²) in [6.07, 6.45) is 3.50. The van der Waals surface area contributed by atoms with E-state index in [0.717, 1.165) is 15.7 Å². The quantitative estimate of drug-likeness (QED) is 0.438. The Morgan fingerprint density at radius 2 is 1.90 bits per heavy atom. The van der Waals surface area contributed by atoms with Crippen LogP contribution >= 0.6 is 23.1 Å². The van der Waals surface area contributed by atoms with Crippen LogP contribution in [0.4, 0.5) is 11.4 Å². The SMILES string of the molecule is Cc1csc(Sc2ccc(C(=O)N3CCN(c4ccncc4)CC3)cc2[N+](=O)[O-])n1. The van der Waals surface area contributed by atoms with Gasteiger partial charge in [0.25, 0.3) is 11.6 Å². The Balaban J connectivity index is 1.47. The first-order valence-electron chi connectivity index (χ1n) is 9.34. The number of hydrogen-bond donors (Lipinski definition) is 0. The lowest BCUT2D eigenvalue weighted by atomic mass is 10.1. The zero-order chi connectivity index (χ0) is 21.1. The molecule has 1 aliphatic rings. The molecule has 154 valence electrons. The molecule has 1 fully saturated rings. The molecule has 3 heterocycles. The standard InChI is InChI=1S/C20H19N5O3S2/c1-14-13-29-20(22-14)30-18-3-2-15(12-17(18)25(27)28)19(26)24-10-8-23(9-11-24)16-4-6-21-7-5-16/h2-7,12-13H,8-11H2,1H3. The third kappa shape index (κ3) is 4.44. The fraction of sp³-hybridized carbons (Fsp3) is 0.250. The number of carbonyl (C=O) groups is 1. The van der Waals surface area contributed by atoms with Gasteiger partial charge in [0, 0.05) is 67.0 Å². The Morgan fingerprint density at radius 3 is 2.53 bits per heavy atom. The van der Waals surface area contributed by atoms with Crippen LogP contribution in [0.3, 0.4) is 0 Å². The number of carbonyl (C=O) groups excluding carboxylic acids is 1. The molecule has 10 heteroatoms. The summed E-state index contributed by atoms with van der Waals surface area (Å²) < 4.78 is 0.738. The third-order valence-electron chi connectivity index (χ3n) is 4.79. The molecule has 0 bridgehead atoms. The summed E-state index contributed by atoms with van der Waals surface area (Å²) in [5.41, 5.74) is 2.21. The predicted octanol–water partition coefficient (Wildman–Crippen LogP) is 3.87. The van der Waals surface area contributed by atoms with E-state index in [1.165, 1.54) is 29.2 Å². The number of benzene rings is 1. The predicted molar refractivity (Wildman–Crippen MR) is 116 cm³/mol. The number of pyridine rings is 1. The van der Waals surface area contributed by atoms with Crippen molar-refractivity contribution in [1.82, 2.24) is 14.9 Å². The minimum atomic E-state index is -0.443. The van der Waals surface area contributed by atoms with Crippen molar-refractivity contribution in [2.45, 2.75) is 16.2 Å². The number of nitro benzene ring substituents is 1. The van der Waals surface area contributed by atoms with E-state index >= 15 is 0 Å². The van der Waals surface area contributed by atoms with Gasteiger partial charge in [-0.25, -0.2) is 4.98 Å². The molecular weight excluding hydrogens is 422 g/mol. The number of hydrogen-bond acceptors (Lipinski definition) is 8. The van der Waals surface area contributed by atoms with Gasteiger partial charge in [-0.3, -0.25) is 19.9 Å². The summed E-state index contributed by atoms with van der Waals surface area (Å²) in [6.45, 7) is 4.41. The summed E-state index contributed by atoms with van der Waals surface area (Å²) in [5, 5.41) is 13.5. The highest BCUT2D eigenvalue weighted by molar-refractivity contribution is 8.01. The first kappa shape index (κ1) is 20.3. The number of amides is 1. The van der Waals surface area contributed by atoms with Crippen LogP contribution in [0.1, 0.15) is 16.1 Å². The Kier molecular flexibility index (Phi) is 5.96. The smallest absolute Gasteiger partial charge is 0.284 e. The summed E-state index contributed by atoms with van der Waals surface area (Å²) >= 11 is 2.69. The topological polar surface area (TPSA) is 92.5 Å². The Labute approximate surface area is 181 Å². The minimum absolute atomic E-state index is 0.0749. The van der Waals surface area contributed by atoms with Crippen molar-refractivity contribution < 1.29 is 9.72 Å². The van der Waals surface area contributed by atoms with Crippen LogP contribution in [0.5, 0.6) is 0 Å². The Morgan fingerprint density at radius 1 is 1.17 bits per heavy atom. The van der Waals surface area contributed by atoms with E-state index in [-0.39, 0.29) is 11.6 Å². The van der Waals surface area contributed by atoms with E-state index in [0.29, 0.717) is 36.6 Å². The molecule has 1 amide bonds. The minimum Gasteiger partial charge on any atom is -0.368 e. The number of nitro groups is 1. The summed E-state index contributed by atoms with van der Waals surface area (Å²) in [5.74, 6) is -0.186. The molecular formula is C20H19N5O3S2. The van der Waals surface area contributed by atoms with E-state index in [9.17, 15) is 14.9 Å². The van der Waals surface area contributed by atoms with Crippen LogP contribution in [0.15, 0.2) is 57.3 Å². The monoisotopic (exact) mass is 441 g/mol. The molecule has 3 aromatic rings. The first-order chi connectivity index (χ1) is 14.5. The average Bonchev–Trinajstić information content (AvgIpc) is 3.18. The first-order valence-corrected chi connectivity index (χ1v) is 11.0. The largest absolute Gasteiger partial charge is 0.368 e. The second kappa shape index (κ2) is 8.80. The maximum atomic E-state index is 12.9. The number of anilines is 1. The molecule has 0 saturated carbocycles. The van der Waals surface area contributed by atoms with Gasteiger partial charge in [-0.15, -0.1) is 11.3 Å². The number of rotatable bonds is 5.